The molecule has 0 amide bonds. The summed E-state index contributed by atoms with van der Waals surface area (Å²) in [5, 5.41) is 9.70. The van der Waals surface area contributed by atoms with E-state index >= 15 is 0 Å². The number of nitrogens with one attached hydrogen (secondary N) is 3. The van der Waals surface area contributed by atoms with Gasteiger partial charge in [-0.2, -0.15) is 18.2 Å². The number of fused-ring (bicyclic) bond motifs is 1. The number of halogens is 3. The summed E-state index contributed by atoms with van der Waals surface area (Å²) < 4.78 is 37.8. The molecule has 6 nitrogen and oxygen atoms in total. The van der Waals surface area contributed by atoms with Gasteiger partial charge in [0.05, 0.1) is 21.8 Å². The fourth-order valence-electron chi connectivity index (χ4n) is 3.31. The van der Waals surface area contributed by atoms with Crippen molar-refractivity contribution < 1.29 is 13.2 Å². The van der Waals surface area contributed by atoms with Gasteiger partial charge in [-0.1, -0.05) is 18.2 Å². The van der Waals surface area contributed by atoms with Crippen LogP contribution in [0.25, 0.3) is 16.6 Å². The van der Waals surface area contributed by atoms with Gasteiger partial charge in [0.1, 0.15) is 17.4 Å². The van der Waals surface area contributed by atoms with Crippen LogP contribution in [0.3, 0.4) is 0 Å². The summed E-state index contributed by atoms with van der Waals surface area (Å²) in [6.07, 6.45) is 5.33. The second-order valence-corrected chi connectivity index (χ2v) is 8.01. The van der Waals surface area contributed by atoms with Gasteiger partial charge in [-0.05, 0) is 26.0 Å². The molecule has 0 spiro atoms. The Morgan fingerprint density at radius 2 is 2.10 bits per heavy atom. The van der Waals surface area contributed by atoms with Crippen molar-refractivity contribution in [3.05, 3.63) is 34.5 Å². The second-order valence-electron chi connectivity index (χ2n) is 6.98. The standard InChI is InChI=1S/C19H21F3N6S/c1-11-15(17-27-13-5-3-2-4-6-14(13)29-17)16(26-12-7-8-23-9-12)28-18(25-11)24-10-19(20,21)22/h2-4,6,12,23H,5,7-10H2,1H3,(H2,24,25,26,28). The van der Waals surface area contributed by atoms with Crippen molar-refractivity contribution in [2.24, 2.45) is 0 Å². The van der Waals surface area contributed by atoms with Crippen LogP contribution in [0.15, 0.2) is 18.2 Å². The molecule has 3 heterocycles. The summed E-state index contributed by atoms with van der Waals surface area (Å²) in [6.45, 7) is 2.25. The smallest absolute Gasteiger partial charge is 0.365 e. The van der Waals surface area contributed by atoms with Crippen LogP contribution in [0, 0.1) is 6.92 Å². The lowest BCUT2D eigenvalue weighted by Crippen LogP contribution is -2.25. The summed E-state index contributed by atoms with van der Waals surface area (Å²) >= 11 is 1.54. The lowest BCUT2D eigenvalue weighted by Gasteiger charge is -2.18. The molecule has 1 fully saturated rings. The van der Waals surface area contributed by atoms with Crippen LogP contribution in [0.2, 0.25) is 0 Å². The Morgan fingerprint density at radius 3 is 2.86 bits per heavy atom. The first-order chi connectivity index (χ1) is 13.9. The number of thiazole rings is 1. The summed E-state index contributed by atoms with van der Waals surface area (Å²) in [5.41, 5.74) is 2.30. The number of hydrogen-bond acceptors (Lipinski definition) is 7. The summed E-state index contributed by atoms with van der Waals surface area (Å²) in [7, 11) is 0. The molecule has 2 aliphatic rings. The van der Waals surface area contributed by atoms with Gasteiger partial charge in [0.15, 0.2) is 0 Å². The van der Waals surface area contributed by atoms with Gasteiger partial charge in [-0.3, -0.25) is 0 Å². The van der Waals surface area contributed by atoms with Crippen LogP contribution in [-0.4, -0.2) is 46.8 Å². The molecule has 2 aromatic rings. The van der Waals surface area contributed by atoms with E-state index in [1.165, 1.54) is 11.3 Å². The first kappa shape index (κ1) is 19.8. The molecule has 29 heavy (non-hydrogen) atoms. The molecule has 3 N–H and O–H groups in total. The molecular formula is C19H21F3N6S. The van der Waals surface area contributed by atoms with Gasteiger partial charge in [0.25, 0.3) is 0 Å². The normalized spacial score (nSPS) is 18.6. The molecule has 1 saturated heterocycles. The molecule has 4 rings (SSSR count). The predicted molar refractivity (Wildman–Crippen MR) is 109 cm³/mol. The van der Waals surface area contributed by atoms with E-state index in [4.69, 9.17) is 4.98 Å². The summed E-state index contributed by atoms with van der Waals surface area (Å²) in [4.78, 5) is 14.5. The van der Waals surface area contributed by atoms with Crippen LogP contribution in [0.5, 0.6) is 0 Å². The molecule has 10 heteroatoms. The fourth-order valence-corrected chi connectivity index (χ4v) is 4.42. The maximum absolute atomic E-state index is 12.6. The molecule has 2 aromatic heterocycles. The zero-order chi connectivity index (χ0) is 20.4. The third kappa shape index (κ3) is 4.76. The van der Waals surface area contributed by atoms with Crippen molar-refractivity contribution in [3.63, 3.8) is 0 Å². The van der Waals surface area contributed by atoms with E-state index in [1.54, 1.807) is 6.92 Å². The Morgan fingerprint density at radius 1 is 1.24 bits per heavy atom. The Balaban J connectivity index is 1.71. The maximum atomic E-state index is 12.6. The van der Waals surface area contributed by atoms with Crippen LogP contribution >= 0.6 is 11.3 Å². The van der Waals surface area contributed by atoms with Gasteiger partial charge in [0, 0.05) is 19.0 Å². The zero-order valence-corrected chi connectivity index (χ0v) is 16.6. The predicted octanol–water partition coefficient (Wildman–Crippen LogP) is 3.78. The van der Waals surface area contributed by atoms with Crippen molar-refractivity contribution in [2.75, 3.05) is 30.3 Å². The summed E-state index contributed by atoms with van der Waals surface area (Å²) in [6, 6.07) is 0.152. The zero-order valence-electron chi connectivity index (χ0n) is 15.8. The highest BCUT2D eigenvalue weighted by atomic mass is 32.1. The largest absolute Gasteiger partial charge is 0.405 e. The van der Waals surface area contributed by atoms with Crippen molar-refractivity contribution in [3.8, 4) is 10.6 Å². The van der Waals surface area contributed by atoms with Crippen molar-refractivity contribution in [1.29, 1.82) is 0 Å². The number of alkyl halides is 3. The topological polar surface area (TPSA) is 74.8 Å². The van der Waals surface area contributed by atoms with E-state index in [9.17, 15) is 13.2 Å². The van der Waals surface area contributed by atoms with Crippen molar-refractivity contribution in [2.45, 2.75) is 32.0 Å². The SMILES string of the molecule is Cc1nc(NCC(F)(F)F)nc(NC2CCNC2)c1-c1nc2c(s1)C=CC=CC2. The highest BCUT2D eigenvalue weighted by Crippen LogP contribution is 2.36. The molecule has 0 bridgehead atoms. The quantitative estimate of drug-likeness (QED) is 0.681. The van der Waals surface area contributed by atoms with Crippen LogP contribution in [0.1, 0.15) is 22.7 Å². The van der Waals surface area contributed by atoms with E-state index in [0.29, 0.717) is 11.5 Å². The van der Waals surface area contributed by atoms with E-state index in [-0.39, 0.29) is 12.0 Å². The number of allylic oxidation sites excluding steroid dienone is 3. The van der Waals surface area contributed by atoms with Gasteiger partial charge in [-0.15, -0.1) is 11.3 Å². The molecule has 0 aromatic carbocycles. The minimum absolute atomic E-state index is 0.0435. The third-order valence-electron chi connectivity index (χ3n) is 4.69. The molecular weight excluding hydrogens is 401 g/mol. The van der Waals surface area contributed by atoms with Crippen LogP contribution in [-0.2, 0) is 6.42 Å². The molecule has 1 aliphatic carbocycles. The number of hydrogen-bond donors (Lipinski definition) is 3. The van der Waals surface area contributed by atoms with E-state index in [1.807, 2.05) is 24.3 Å². The highest BCUT2D eigenvalue weighted by molar-refractivity contribution is 7.16. The maximum Gasteiger partial charge on any atom is 0.405 e. The van der Waals surface area contributed by atoms with E-state index in [0.717, 1.165) is 47.1 Å². The average molecular weight is 422 g/mol. The fraction of sp³-hybridized carbons (Fsp3) is 0.421. The molecule has 0 radical (unpaired) electrons. The van der Waals surface area contributed by atoms with Crippen molar-refractivity contribution >= 4 is 29.2 Å². The molecule has 1 atom stereocenters. The van der Waals surface area contributed by atoms with Gasteiger partial charge >= 0.3 is 6.18 Å². The Labute approximate surface area is 170 Å². The Kier molecular flexibility index (Phi) is 5.55. The molecule has 1 unspecified atom stereocenters. The monoisotopic (exact) mass is 422 g/mol. The number of aromatic nitrogens is 3. The van der Waals surface area contributed by atoms with Gasteiger partial charge < -0.3 is 16.0 Å². The lowest BCUT2D eigenvalue weighted by atomic mass is 10.2. The van der Waals surface area contributed by atoms with Crippen molar-refractivity contribution in [1.82, 2.24) is 20.3 Å². The number of nitrogens with zero attached hydrogens (tertiary/aromatic N) is 3. The lowest BCUT2D eigenvalue weighted by molar-refractivity contribution is -0.115. The minimum atomic E-state index is -4.34. The molecule has 154 valence electrons. The first-order valence-corrected chi connectivity index (χ1v) is 10.2. The number of aryl methyl sites for hydroxylation is 1. The van der Waals surface area contributed by atoms with Crippen LogP contribution in [0.4, 0.5) is 24.9 Å². The van der Waals surface area contributed by atoms with Gasteiger partial charge in [-0.25, -0.2) is 9.97 Å². The minimum Gasteiger partial charge on any atom is -0.365 e. The molecule has 0 saturated carbocycles. The number of anilines is 2. The summed E-state index contributed by atoms with van der Waals surface area (Å²) in [5.74, 6) is 0.470. The van der Waals surface area contributed by atoms with Crippen LogP contribution < -0.4 is 16.0 Å². The first-order valence-electron chi connectivity index (χ1n) is 9.39. The van der Waals surface area contributed by atoms with E-state index in [2.05, 4.69) is 25.9 Å². The average Bonchev–Trinajstić information content (AvgIpc) is 3.24. The number of rotatable bonds is 5. The third-order valence-corrected chi connectivity index (χ3v) is 5.77. The Bertz CT molecular complexity index is 944. The van der Waals surface area contributed by atoms with Gasteiger partial charge in [0.2, 0.25) is 5.95 Å². The molecule has 1 aliphatic heterocycles. The second kappa shape index (κ2) is 8.11. The Hall–Kier alpha value is -2.46. The van der Waals surface area contributed by atoms with E-state index < -0.39 is 12.7 Å². The highest BCUT2D eigenvalue weighted by Gasteiger charge is 2.28.